The molecule has 3 heterocycles. The van der Waals surface area contributed by atoms with Crippen molar-refractivity contribution in [2.75, 3.05) is 12.4 Å². The summed E-state index contributed by atoms with van der Waals surface area (Å²) >= 11 is 1.16. The second-order valence-electron chi connectivity index (χ2n) is 4.04. The van der Waals surface area contributed by atoms with Crippen molar-refractivity contribution in [2.24, 2.45) is 7.05 Å². The van der Waals surface area contributed by atoms with Crippen molar-refractivity contribution in [3.8, 4) is 0 Å². The lowest BCUT2D eigenvalue weighted by molar-refractivity contribution is 0.727. The van der Waals surface area contributed by atoms with Crippen LogP contribution in [0.1, 0.15) is 5.82 Å². The normalized spacial score (nSPS) is 11.1. The SMILES string of the molecule is CNc1nc(Cn2ccsc2=O)nc2c1cnn2C. The molecule has 7 nitrogen and oxygen atoms in total. The first-order valence-electron chi connectivity index (χ1n) is 5.69. The number of hydrogen-bond donors (Lipinski definition) is 1. The Hall–Kier alpha value is -2.22. The highest BCUT2D eigenvalue weighted by Gasteiger charge is 2.11. The van der Waals surface area contributed by atoms with Crippen LogP contribution in [0.4, 0.5) is 5.82 Å². The smallest absolute Gasteiger partial charge is 0.307 e. The van der Waals surface area contributed by atoms with Crippen LogP contribution in [0.15, 0.2) is 22.6 Å². The molecule has 0 fully saturated rings. The van der Waals surface area contributed by atoms with E-state index in [1.54, 1.807) is 34.1 Å². The minimum Gasteiger partial charge on any atom is -0.372 e. The highest BCUT2D eigenvalue weighted by Crippen LogP contribution is 2.19. The molecule has 0 spiro atoms. The zero-order chi connectivity index (χ0) is 13.4. The predicted octanol–water partition coefficient (Wildman–Crippen LogP) is 0.676. The highest BCUT2D eigenvalue weighted by molar-refractivity contribution is 7.07. The molecule has 0 radical (unpaired) electrons. The number of nitrogens with zero attached hydrogens (tertiary/aromatic N) is 5. The molecule has 98 valence electrons. The Morgan fingerprint density at radius 2 is 2.26 bits per heavy atom. The van der Waals surface area contributed by atoms with Crippen LogP contribution in [0.5, 0.6) is 0 Å². The van der Waals surface area contributed by atoms with Gasteiger partial charge in [0, 0.05) is 25.7 Å². The topological polar surface area (TPSA) is 77.6 Å². The summed E-state index contributed by atoms with van der Waals surface area (Å²) < 4.78 is 3.28. The number of anilines is 1. The van der Waals surface area contributed by atoms with E-state index in [0.29, 0.717) is 12.4 Å². The maximum absolute atomic E-state index is 11.6. The molecule has 0 atom stereocenters. The van der Waals surface area contributed by atoms with Crippen molar-refractivity contribution in [3.63, 3.8) is 0 Å². The highest BCUT2D eigenvalue weighted by atomic mass is 32.1. The zero-order valence-electron chi connectivity index (χ0n) is 10.5. The summed E-state index contributed by atoms with van der Waals surface area (Å²) in [6, 6.07) is 0. The number of fused-ring (bicyclic) bond motifs is 1. The van der Waals surface area contributed by atoms with Crippen molar-refractivity contribution >= 4 is 28.2 Å². The first kappa shape index (κ1) is 11.8. The zero-order valence-corrected chi connectivity index (χ0v) is 11.3. The van der Waals surface area contributed by atoms with Crippen molar-refractivity contribution in [3.05, 3.63) is 33.3 Å². The minimum atomic E-state index is -0.0142. The van der Waals surface area contributed by atoms with E-state index in [9.17, 15) is 4.79 Å². The third kappa shape index (κ3) is 1.99. The maximum atomic E-state index is 11.6. The molecule has 0 amide bonds. The molecule has 0 aliphatic rings. The molecule has 0 aromatic carbocycles. The van der Waals surface area contributed by atoms with Crippen LogP contribution >= 0.6 is 11.3 Å². The Morgan fingerprint density at radius 1 is 1.42 bits per heavy atom. The Balaban J connectivity index is 2.11. The third-order valence-electron chi connectivity index (χ3n) is 2.83. The largest absolute Gasteiger partial charge is 0.372 e. The van der Waals surface area contributed by atoms with Gasteiger partial charge in [-0.25, -0.2) is 9.97 Å². The van der Waals surface area contributed by atoms with Gasteiger partial charge in [0.15, 0.2) is 11.5 Å². The van der Waals surface area contributed by atoms with Crippen molar-refractivity contribution < 1.29 is 0 Å². The van der Waals surface area contributed by atoms with E-state index in [2.05, 4.69) is 20.4 Å². The third-order valence-corrected chi connectivity index (χ3v) is 3.53. The first-order valence-corrected chi connectivity index (χ1v) is 6.57. The molecule has 3 rings (SSSR count). The average Bonchev–Trinajstić information content (AvgIpc) is 2.97. The van der Waals surface area contributed by atoms with E-state index in [-0.39, 0.29) is 4.87 Å². The average molecular weight is 276 g/mol. The summed E-state index contributed by atoms with van der Waals surface area (Å²) in [6.07, 6.45) is 3.46. The van der Waals surface area contributed by atoms with E-state index in [1.807, 2.05) is 7.05 Å². The van der Waals surface area contributed by atoms with Gasteiger partial charge in [0.05, 0.1) is 18.1 Å². The van der Waals surface area contributed by atoms with Crippen molar-refractivity contribution in [1.29, 1.82) is 0 Å². The summed E-state index contributed by atoms with van der Waals surface area (Å²) in [5, 5.41) is 9.82. The number of aryl methyl sites for hydroxylation is 1. The molecule has 0 unspecified atom stereocenters. The maximum Gasteiger partial charge on any atom is 0.307 e. The van der Waals surface area contributed by atoms with Crippen molar-refractivity contribution in [1.82, 2.24) is 24.3 Å². The fraction of sp³-hybridized carbons (Fsp3) is 0.273. The molecule has 1 N–H and O–H groups in total. The Kier molecular flexibility index (Phi) is 2.79. The Bertz CT molecular complexity index is 786. The second kappa shape index (κ2) is 4.47. The first-order chi connectivity index (χ1) is 9.19. The summed E-state index contributed by atoms with van der Waals surface area (Å²) in [4.78, 5) is 20.4. The van der Waals surface area contributed by atoms with Crippen LogP contribution < -0.4 is 10.2 Å². The molecule has 0 aliphatic heterocycles. The van der Waals surface area contributed by atoms with Gasteiger partial charge >= 0.3 is 4.87 Å². The lowest BCUT2D eigenvalue weighted by Crippen LogP contribution is -2.15. The van der Waals surface area contributed by atoms with E-state index in [4.69, 9.17) is 0 Å². The molecule has 0 saturated carbocycles. The van der Waals surface area contributed by atoms with E-state index >= 15 is 0 Å². The number of aromatic nitrogens is 5. The standard InChI is InChI=1S/C11H12N6OS/c1-12-9-7-5-13-16(2)10(7)15-8(14-9)6-17-3-4-19-11(17)18/h3-5H,6H2,1-2H3,(H,12,14,15). The molecular weight excluding hydrogens is 264 g/mol. The Morgan fingerprint density at radius 3 is 2.95 bits per heavy atom. The molecular formula is C11H12N6OS. The van der Waals surface area contributed by atoms with Crippen LogP contribution in [0, 0.1) is 0 Å². The van der Waals surface area contributed by atoms with E-state index in [1.165, 1.54) is 0 Å². The molecule has 0 bridgehead atoms. The van der Waals surface area contributed by atoms with Gasteiger partial charge in [-0.1, -0.05) is 11.3 Å². The molecule has 0 aliphatic carbocycles. The van der Waals surface area contributed by atoms with Crippen molar-refractivity contribution in [2.45, 2.75) is 6.54 Å². The molecule has 3 aromatic rings. The molecule has 3 aromatic heterocycles. The lowest BCUT2D eigenvalue weighted by atomic mass is 10.4. The van der Waals surface area contributed by atoms with Gasteiger partial charge in [0.25, 0.3) is 0 Å². The summed E-state index contributed by atoms with van der Waals surface area (Å²) in [6.45, 7) is 0.359. The van der Waals surface area contributed by atoms with Gasteiger partial charge < -0.3 is 5.32 Å². The predicted molar refractivity (Wildman–Crippen MR) is 73.5 cm³/mol. The van der Waals surface area contributed by atoms with E-state index < -0.39 is 0 Å². The van der Waals surface area contributed by atoms with Crippen LogP contribution in [0.25, 0.3) is 11.0 Å². The molecule has 8 heteroatoms. The number of thiazole rings is 1. The fourth-order valence-corrected chi connectivity index (χ4v) is 2.47. The van der Waals surface area contributed by atoms with Crippen LogP contribution in [0.3, 0.4) is 0 Å². The fourth-order valence-electron chi connectivity index (χ4n) is 1.89. The van der Waals surface area contributed by atoms with Crippen LogP contribution in [-0.2, 0) is 13.6 Å². The molecule has 19 heavy (non-hydrogen) atoms. The van der Waals surface area contributed by atoms with Gasteiger partial charge in [-0.05, 0) is 0 Å². The van der Waals surface area contributed by atoms with Crippen LogP contribution in [0.2, 0.25) is 0 Å². The monoisotopic (exact) mass is 276 g/mol. The van der Waals surface area contributed by atoms with E-state index in [0.717, 1.165) is 28.2 Å². The quantitative estimate of drug-likeness (QED) is 0.761. The van der Waals surface area contributed by atoms with Gasteiger partial charge in [-0.15, -0.1) is 0 Å². The minimum absolute atomic E-state index is 0.0142. The number of hydrogen-bond acceptors (Lipinski definition) is 6. The number of rotatable bonds is 3. The van der Waals surface area contributed by atoms with Gasteiger partial charge in [-0.3, -0.25) is 14.0 Å². The van der Waals surface area contributed by atoms with Crippen LogP contribution in [-0.4, -0.2) is 31.4 Å². The summed E-state index contributed by atoms with van der Waals surface area (Å²) in [7, 11) is 3.63. The second-order valence-corrected chi connectivity index (χ2v) is 4.90. The summed E-state index contributed by atoms with van der Waals surface area (Å²) in [5.41, 5.74) is 0.748. The number of nitrogens with one attached hydrogen (secondary N) is 1. The van der Waals surface area contributed by atoms with Gasteiger partial charge in [0.1, 0.15) is 5.82 Å². The Labute approximate surface area is 112 Å². The molecule has 0 saturated heterocycles. The van der Waals surface area contributed by atoms with Gasteiger partial charge in [-0.2, -0.15) is 5.10 Å². The lowest BCUT2D eigenvalue weighted by Gasteiger charge is -2.06. The van der Waals surface area contributed by atoms with Gasteiger partial charge in [0.2, 0.25) is 0 Å². The summed E-state index contributed by atoms with van der Waals surface area (Å²) in [5.74, 6) is 1.30.